The molecule has 1 heterocycles. The van der Waals surface area contributed by atoms with E-state index >= 15 is 0 Å². The van der Waals surface area contributed by atoms with Gasteiger partial charge in [-0.25, -0.2) is 18.1 Å². The average molecular weight is 455 g/mol. The van der Waals surface area contributed by atoms with Crippen LogP contribution in [0.15, 0.2) is 64.6 Å². The van der Waals surface area contributed by atoms with Crippen molar-refractivity contribution in [3.8, 4) is 0 Å². The van der Waals surface area contributed by atoms with Crippen molar-refractivity contribution >= 4 is 27.5 Å². The molecule has 1 aliphatic heterocycles. The van der Waals surface area contributed by atoms with E-state index in [1.54, 1.807) is 12.1 Å². The fourth-order valence-electron chi connectivity index (χ4n) is 3.38. The zero-order valence-electron chi connectivity index (χ0n) is 17.7. The molecule has 2 aromatic rings. The second-order valence-corrected chi connectivity index (χ2v) is 9.71. The van der Waals surface area contributed by atoms with Gasteiger partial charge in [0, 0.05) is 31.8 Å². The predicted octanol–water partition coefficient (Wildman–Crippen LogP) is 2.16. The number of rotatable bonds is 9. The van der Waals surface area contributed by atoms with E-state index in [1.165, 1.54) is 17.1 Å². The van der Waals surface area contributed by atoms with E-state index in [-0.39, 0.29) is 42.1 Å². The molecule has 0 radical (unpaired) electrons. The third kappa shape index (κ3) is 5.80. The SMILES string of the molecule is O=C(CCC(=O)N1CCC(c2ccccc2)=N1)NCc1ccc(S(=O)(=O)NC2CC2)cc1. The van der Waals surface area contributed by atoms with Gasteiger partial charge in [0.05, 0.1) is 17.2 Å². The quantitative estimate of drug-likeness (QED) is 0.605. The van der Waals surface area contributed by atoms with Gasteiger partial charge in [0.1, 0.15) is 0 Å². The van der Waals surface area contributed by atoms with Crippen LogP contribution in [0.25, 0.3) is 0 Å². The number of sulfonamides is 1. The second-order valence-electron chi connectivity index (χ2n) is 8.00. The molecule has 2 aliphatic rings. The van der Waals surface area contributed by atoms with Gasteiger partial charge in [-0.1, -0.05) is 42.5 Å². The lowest BCUT2D eigenvalue weighted by Crippen LogP contribution is -2.27. The van der Waals surface area contributed by atoms with Gasteiger partial charge in [0.2, 0.25) is 21.8 Å². The summed E-state index contributed by atoms with van der Waals surface area (Å²) in [6, 6.07) is 16.2. The van der Waals surface area contributed by atoms with E-state index in [0.29, 0.717) is 13.0 Å². The molecular formula is C23H26N4O4S. The van der Waals surface area contributed by atoms with Crippen LogP contribution in [-0.4, -0.2) is 43.5 Å². The summed E-state index contributed by atoms with van der Waals surface area (Å²) in [6.45, 7) is 0.791. The Morgan fingerprint density at radius 1 is 1.00 bits per heavy atom. The lowest BCUT2D eigenvalue weighted by molar-refractivity contribution is -0.133. The third-order valence-corrected chi connectivity index (χ3v) is 6.92. The van der Waals surface area contributed by atoms with Crippen molar-refractivity contribution < 1.29 is 18.0 Å². The monoisotopic (exact) mass is 454 g/mol. The minimum absolute atomic E-state index is 0.0536. The molecule has 2 N–H and O–H groups in total. The Morgan fingerprint density at radius 3 is 2.41 bits per heavy atom. The number of carbonyl (C=O) groups is 2. The summed E-state index contributed by atoms with van der Waals surface area (Å²) in [4.78, 5) is 24.8. The predicted molar refractivity (Wildman–Crippen MR) is 120 cm³/mol. The number of hydrogen-bond donors (Lipinski definition) is 2. The molecule has 9 heteroatoms. The van der Waals surface area contributed by atoms with E-state index in [2.05, 4.69) is 15.1 Å². The summed E-state index contributed by atoms with van der Waals surface area (Å²) in [5, 5.41) is 8.60. The Labute approximate surface area is 187 Å². The smallest absolute Gasteiger partial charge is 0.243 e. The van der Waals surface area contributed by atoms with Crippen LogP contribution in [0.4, 0.5) is 0 Å². The van der Waals surface area contributed by atoms with Crippen LogP contribution < -0.4 is 10.0 Å². The molecule has 32 heavy (non-hydrogen) atoms. The van der Waals surface area contributed by atoms with Crippen molar-refractivity contribution in [2.24, 2.45) is 5.10 Å². The highest BCUT2D eigenvalue weighted by molar-refractivity contribution is 7.89. The van der Waals surface area contributed by atoms with Gasteiger partial charge < -0.3 is 5.32 Å². The largest absolute Gasteiger partial charge is 0.352 e. The van der Waals surface area contributed by atoms with Crippen molar-refractivity contribution in [1.82, 2.24) is 15.0 Å². The molecular weight excluding hydrogens is 428 g/mol. The second kappa shape index (κ2) is 9.62. The lowest BCUT2D eigenvalue weighted by Gasteiger charge is -2.11. The average Bonchev–Trinajstić information content (AvgIpc) is 3.46. The van der Waals surface area contributed by atoms with Crippen LogP contribution >= 0.6 is 0 Å². The molecule has 0 unspecified atom stereocenters. The van der Waals surface area contributed by atoms with Crippen LogP contribution in [0.1, 0.15) is 43.2 Å². The first-order valence-corrected chi connectivity index (χ1v) is 12.2. The van der Waals surface area contributed by atoms with Gasteiger partial charge in [0.25, 0.3) is 0 Å². The highest BCUT2D eigenvalue weighted by Gasteiger charge is 2.27. The van der Waals surface area contributed by atoms with E-state index < -0.39 is 10.0 Å². The maximum atomic E-state index is 12.4. The molecule has 8 nitrogen and oxygen atoms in total. The maximum absolute atomic E-state index is 12.4. The first-order valence-electron chi connectivity index (χ1n) is 10.7. The topological polar surface area (TPSA) is 108 Å². The summed E-state index contributed by atoms with van der Waals surface area (Å²) in [5.74, 6) is -0.416. The van der Waals surface area contributed by atoms with Crippen molar-refractivity contribution in [3.63, 3.8) is 0 Å². The molecule has 2 aromatic carbocycles. The standard InChI is InChI=1S/C23H26N4O4S/c28-22(12-13-23(29)27-15-14-21(25-27)18-4-2-1-3-5-18)24-16-17-6-10-20(11-7-17)32(30,31)26-19-8-9-19/h1-7,10-11,19,26H,8-9,12-16H2,(H,24,28). The third-order valence-electron chi connectivity index (χ3n) is 5.39. The van der Waals surface area contributed by atoms with Gasteiger partial charge >= 0.3 is 0 Å². The first kappa shape index (κ1) is 22.2. The van der Waals surface area contributed by atoms with Crippen LogP contribution in [0.3, 0.4) is 0 Å². The minimum Gasteiger partial charge on any atom is -0.352 e. The van der Waals surface area contributed by atoms with Crippen LogP contribution in [0, 0.1) is 0 Å². The van der Waals surface area contributed by atoms with Crippen molar-refractivity contribution in [2.45, 2.75) is 49.6 Å². The normalized spacial score (nSPS) is 16.0. The maximum Gasteiger partial charge on any atom is 0.243 e. The van der Waals surface area contributed by atoms with E-state index in [1.807, 2.05) is 30.3 Å². The van der Waals surface area contributed by atoms with E-state index in [0.717, 1.165) is 29.7 Å². The molecule has 4 rings (SSSR count). The molecule has 1 saturated carbocycles. The number of hydrogen-bond acceptors (Lipinski definition) is 5. The zero-order valence-corrected chi connectivity index (χ0v) is 18.5. The Balaban J connectivity index is 1.21. The van der Waals surface area contributed by atoms with Crippen LogP contribution in [-0.2, 0) is 26.2 Å². The molecule has 0 atom stereocenters. The Morgan fingerprint density at radius 2 is 1.72 bits per heavy atom. The number of nitrogens with one attached hydrogen (secondary N) is 2. The minimum atomic E-state index is -3.48. The van der Waals surface area contributed by atoms with Gasteiger partial charge in [0.15, 0.2) is 0 Å². The van der Waals surface area contributed by atoms with Crippen molar-refractivity contribution in [3.05, 3.63) is 65.7 Å². The molecule has 0 spiro atoms. The molecule has 0 saturated heterocycles. The molecule has 0 aromatic heterocycles. The molecule has 0 bridgehead atoms. The van der Waals surface area contributed by atoms with Gasteiger partial charge in [-0.3, -0.25) is 9.59 Å². The lowest BCUT2D eigenvalue weighted by atomic mass is 10.1. The van der Waals surface area contributed by atoms with Crippen LogP contribution in [0.2, 0.25) is 0 Å². The number of hydrazone groups is 1. The van der Waals surface area contributed by atoms with Crippen molar-refractivity contribution in [1.29, 1.82) is 0 Å². The zero-order chi connectivity index (χ0) is 22.6. The fraction of sp³-hybridized carbons (Fsp3) is 0.348. The number of amides is 2. The summed E-state index contributed by atoms with van der Waals surface area (Å²) >= 11 is 0. The highest BCUT2D eigenvalue weighted by Crippen LogP contribution is 2.22. The Bertz CT molecular complexity index is 1110. The highest BCUT2D eigenvalue weighted by atomic mass is 32.2. The Kier molecular flexibility index (Phi) is 6.66. The van der Waals surface area contributed by atoms with Crippen LogP contribution in [0.5, 0.6) is 0 Å². The number of benzene rings is 2. The molecule has 1 fully saturated rings. The van der Waals surface area contributed by atoms with E-state index in [4.69, 9.17) is 0 Å². The van der Waals surface area contributed by atoms with E-state index in [9.17, 15) is 18.0 Å². The molecule has 1 aliphatic carbocycles. The summed E-state index contributed by atoms with van der Waals surface area (Å²) in [5.41, 5.74) is 2.66. The first-order chi connectivity index (χ1) is 15.4. The van der Waals surface area contributed by atoms with Gasteiger partial charge in [-0.2, -0.15) is 5.10 Å². The Hall–Kier alpha value is -3.04. The van der Waals surface area contributed by atoms with Gasteiger partial charge in [-0.05, 0) is 36.1 Å². The fourth-order valence-corrected chi connectivity index (χ4v) is 4.69. The number of carbonyl (C=O) groups excluding carboxylic acids is 2. The van der Waals surface area contributed by atoms with Gasteiger partial charge in [-0.15, -0.1) is 0 Å². The van der Waals surface area contributed by atoms with Crippen molar-refractivity contribution in [2.75, 3.05) is 6.54 Å². The summed E-state index contributed by atoms with van der Waals surface area (Å²) in [6.07, 6.45) is 2.61. The summed E-state index contributed by atoms with van der Waals surface area (Å²) in [7, 11) is -3.48. The number of nitrogens with zero attached hydrogens (tertiary/aromatic N) is 2. The molecule has 168 valence electrons. The summed E-state index contributed by atoms with van der Waals surface area (Å²) < 4.78 is 27.0. The molecule has 2 amide bonds.